The molecule has 1 aromatic heterocycles. The maximum Gasteiger partial charge on any atom is 0.145 e. The first-order chi connectivity index (χ1) is 9.67. The van der Waals surface area contributed by atoms with Gasteiger partial charge in [-0.1, -0.05) is 18.2 Å². The van der Waals surface area contributed by atoms with Gasteiger partial charge in [0.1, 0.15) is 5.82 Å². The van der Waals surface area contributed by atoms with E-state index in [9.17, 15) is 10.2 Å². The number of anilines is 1. The van der Waals surface area contributed by atoms with Crippen LogP contribution in [0.5, 0.6) is 0 Å². The smallest absolute Gasteiger partial charge is 0.145 e. The summed E-state index contributed by atoms with van der Waals surface area (Å²) in [6.07, 6.45) is -1.37. The molecular formula is C14H18N4O2. The van der Waals surface area contributed by atoms with E-state index in [1.807, 2.05) is 35.2 Å². The number of benzene rings is 1. The van der Waals surface area contributed by atoms with Crippen LogP contribution in [0.2, 0.25) is 0 Å². The van der Waals surface area contributed by atoms with E-state index in [2.05, 4.69) is 10.4 Å². The lowest BCUT2D eigenvalue weighted by molar-refractivity contribution is 0.0572. The zero-order valence-electron chi connectivity index (χ0n) is 11.0. The lowest BCUT2D eigenvalue weighted by atomic mass is 10.1. The number of aliphatic hydroxyl groups is 2. The van der Waals surface area contributed by atoms with Crippen molar-refractivity contribution in [2.45, 2.75) is 18.8 Å². The van der Waals surface area contributed by atoms with Crippen LogP contribution in [-0.2, 0) is 6.54 Å². The molecule has 0 radical (unpaired) electrons. The van der Waals surface area contributed by atoms with Crippen molar-refractivity contribution in [2.75, 3.05) is 18.5 Å². The number of aliphatic hydroxyl groups excluding tert-OH is 2. The molecule has 0 saturated carbocycles. The molecule has 1 aliphatic heterocycles. The van der Waals surface area contributed by atoms with Crippen molar-refractivity contribution in [3.05, 3.63) is 35.9 Å². The highest BCUT2D eigenvalue weighted by Crippen LogP contribution is 2.23. The second-order valence-corrected chi connectivity index (χ2v) is 5.16. The largest absolute Gasteiger partial charge is 0.389 e. The first-order valence-electron chi connectivity index (χ1n) is 6.61. The fraction of sp³-hybridized carbons (Fsp3) is 0.357. The van der Waals surface area contributed by atoms with Crippen LogP contribution in [0.1, 0.15) is 5.56 Å². The van der Waals surface area contributed by atoms with Crippen molar-refractivity contribution in [1.29, 1.82) is 0 Å². The number of rotatable bonds is 3. The zero-order valence-corrected chi connectivity index (χ0v) is 11.0. The minimum Gasteiger partial charge on any atom is -0.389 e. The number of hydrogen-bond donors (Lipinski definition) is 4. The van der Waals surface area contributed by atoms with Crippen molar-refractivity contribution in [3.63, 3.8) is 0 Å². The van der Waals surface area contributed by atoms with Crippen molar-refractivity contribution in [2.24, 2.45) is 5.84 Å². The first-order valence-corrected chi connectivity index (χ1v) is 6.61. The average molecular weight is 274 g/mol. The predicted octanol–water partition coefficient (Wildman–Crippen LogP) is 0.0578. The summed E-state index contributed by atoms with van der Waals surface area (Å²) in [5.41, 5.74) is 4.45. The van der Waals surface area contributed by atoms with Crippen molar-refractivity contribution >= 4 is 16.7 Å². The summed E-state index contributed by atoms with van der Waals surface area (Å²) in [6, 6.07) is 9.87. The molecule has 0 aliphatic carbocycles. The van der Waals surface area contributed by atoms with Gasteiger partial charge in [0.15, 0.2) is 0 Å². The van der Waals surface area contributed by atoms with Crippen LogP contribution >= 0.6 is 0 Å². The minimum atomic E-state index is -0.683. The zero-order chi connectivity index (χ0) is 14.1. The van der Waals surface area contributed by atoms with Crippen LogP contribution in [0, 0.1) is 0 Å². The Hall–Kier alpha value is -1.73. The normalized spacial score (nSPS) is 23.4. The van der Waals surface area contributed by atoms with Gasteiger partial charge in [-0.3, -0.25) is 4.90 Å². The molecule has 2 aromatic rings. The van der Waals surface area contributed by atoms with E-state index in [0.29, 0.717) is 25.5 Å². The van der Waals surface area contributed by atoms with Gasteiger partial charge in [0.05, 0.1) is 17.7 Å². The Morgan fingerprint density at radius 2 is 1.95 bits per heavy atom. The molecule has 1 saturated heterocycles. The third-order valence-electron chi connectivity index (χ3n) is 3.67. The molecule has 20 heavy (non-hydrogen) atoms. The van der Waals surface area contributed by atoms with E-state index in [1.165, 1.54) is 0 Å². The molecule has 106 valence electrons. The molecule has 0 amide bonds. The molecule has 2 atom stereocenters. The van der Waals surface area contributed by atoms with Gasteiger partial charge in [0.25, 0.3) is 0 Å². The maximum atomic E-state index is 9.60. The second kappa shape index (κ2) is 5.34. The van der Waals surface area contributed by atoms with Crippen LogP contribution in [0.25, 0.3) is 10.9 Å². The van der Waals surface area contributed by atoms with Crippen LogP contribution in [0.3, 0.4) is 0 Å². The topological polar surface area (TPSA) is 94.6 Å². The summed E-state index contributed by atoms with van der Waals surface area (Å²) in [5.74, 6) is 6.17. The fourth-order valence-corrected chi connectivity index (χ4v) is 2.62. The van der Waals surface area contributed by atoms with Gasteiger partial charge in [-0.25, -0.2) is 10.8 Å². The van der Waals surface area contributed by atoms with Crippen molar-refractivity contribution in [1.82, 2.24) is 9.88 Å². The molecule has 5 N–H and O–H groups in total. The molecule has 1 aromatic carbocycles. The number of para-hydroxylation sites is 1. The highest BCUT2D eigenvalue weighted by molar-refractivity contribution is 5.81. The predicted molar refractivity (Wildman–Crippen MR) is 76.8 cm³/mol. The summed E-state index contributed by atoms with van der Waals surface area (Å²) >= 11 is 0. The lowest BCUT2D eigenvalue weighted by Gasteiger charge is -2.17. The summed E-state index contributed by atoms with van der Waals surface area (Å²) in [6.45, 7) is 1.50. The number of nitrogens with one attached hydrogen (secondary N) is 1. The monoisotopic (exact) mass is 274 g/mol. The number of pyridine rings is 1. The Kier molecular flexibility index (Phi) is 3.54. The molecule has 3 rings (SSSR count). The van der Waals surface area contributed by atoms with Gasteiger partial charge >= 0.3 is 0 Å². The van der Waals surface area contributed by atoms with Crippen LogP contribution in [0.15, 0.2) is 30.3 Å². The number of hydrogen-bond acceptors (Lipinski definition) is 6. The highest BCUT2D eigenvalue weighted by Gasteiger charge is 2.29. The number of β-amino-alcohol motifs (C(OH)–C–C–N with tert-alkyl or cyclic N) is 2. The van der Waals surface area contributed by atoms with Gasteiger partial charge in [0, 0.05) is 30.6 Å². The van der Waals surface area contributed by atoms with Crippen LogP contribution < -0.4 is 11.3 Å². The molecule has 6 heteroatoms. The molecule has 2 unspecified atom stereocenters. The second-order valence-electron chi connectivity index (χ2n) is 5.16. The third kappa shape index (κ3) is 2.46. The number of likely N-dealkylation sites (tertiary alicyclic amines) is 1. The Bertz CT molecular complexity index is 609. The van der Waals surface area contributed by atoms with E-state index in [0.717, 1.165) is 16.5 Å². The standard InChI is InChI=1S/C14H18N4O2/c15-17-14-10(6-18-7-12(19)13(20)8-18)5-9-3-1-2-4-11(9)16-14/h1-5,12-13,19-20H,6-8,15H2,(H,16,17). The van der Waals surface area contributed by atoms with E-state index in [-0.39, 0.29) is 0 Å². The van der Waals surface area contributed by atoms with Crippen molar-refractivity contribution in [3.8, 4) is 0 Å². The number of nitrogens with two attached hydrogens (primary N) is 1. The van der Waals surface area contributed by atoms with E-state index in [1.54, 1.807) is 0 Å². The van der Waals surface area contributed by atoms with Crippen LogP contribution in [-0.4, -0.2) is 45.4 Å². The number of aromatic nitrogens is 1. The minimum absolute atomic E-state index is 0.456. The third-order valence-corrected chi connectivity index (χ3v) is 3.67. The Balaban J connectivity index is 1.90. The maximum absolute atomic E-state index is 9.60. The molecule has 1 aliphatic rings. The quantitative estimate of drug-likeness (QED) is 0.467. The Morgan fingerprint density at radius 3 is 2.65 bits per heavy atom. The van der Waals surface area contributed by atoms with Gasteiger partial charge in [0.2, 0.25) is 0 Å². The molecule has 0 bridgehead atoms. The number of fused-ring (bicyclic) bond motifs is 1. The van der Waals surface area contributed by atoms with Gasteiger partial charge < -0.3 is 15.6 Å². The Labute approximate surface area is 116 Å². The highest BCUT2D eigenvalue weighted by atomic mass is 16.3. The summed E-state index contributed by atoms with van der Waals surface area (Å²) in [4.78, 5) is 6.47. The molecule has 1 fully saturated rings. The molecule has 2 heterocycles. The van der Waals surface area contributed by atoms with E-state index in [4.69, 9.17) is 5.84 Å². The lowest BCUT2D eigenvalue weighted by Crippen LogP contribution is -2.23. The van der Waals surface area contributed by atoms with Gasteiger partial charge in [-0.2, -0.15) is 0 Å². The summed E-state index contributed by atoms with van der Waals surface area (Å²) in [5, 5.41) is 20.2. The van der Waals surface area contributed by atoms with E-state index >= 15 is 0 Å². The molecule has 6 nitrogen and oxygen atoms in total. The Morgan fingerprint density at radius 1 is 1.25 bits per heavy atom. The van der Waals surface area contributed by atoms with Crippen molar-refractivity contribution < 1.29 is 10.2 Å². The summed E-state index contributed by atoms with van der Waals surface area (Å²) < 4.78 is 0. The fourth-order valence-electron chi connectivity index (χ4n) is 2.62. The van der Waals surface area contributed by atoms with Crippen LogP contribution in [0.4, 0.5) is 5.82 Å². The number of nitrogens with zero attached hydrogens (tertiary/aromatic N) is 2. The first kappa shape index (κ1) is 13.3. The summed E-state index contributed by atoms with van der Waals surface area (Å²) in [7, 11) is 0. The number of hydrazine groups is 1. The average Bonchev–Trinajstić information content (AvgIpc) is 2.76. The molecule has 0 spiro atoms. The van der Waals surface area contributed by atoms with E-state index < -0.39 is 12.2 Å². The van der Waals surface area contributed by atoms with Gasteiger partial charge in [-0.05, 0) is 12.1 Å². The SMILES string of the molecule is NNc1nc2ccccc2cc1CN1CC(O)C(O)C1. The van der Waals surface area contributed by atoms with Gasteiger partial charge in [-0.15, -0.1) is 0 Å². The molecular weight excluding hydrogens is 256 g/mol. The number of nitrogen functional groups attached to an aromatic ring is 1.